The van der Waals surface area contributed by atoms with Gasteiger partial charge in [0.15, 0.2) is 0 Å². The first-order valence-corrected chi connectivity index (χ1v) is 14.6. The van der Waals surface area contributed by atoms with Gasteiger partial charge in [-0.3, -0.25) is 19.4 Å². The summed E-state index contributed by atoms with van der Waals surface area (Å²) in [5.41, 5.74) is 2.69. The summed E-state index contributed by atoms with van der Waals surface area (Å²) in [4.78, 5) is 54.2. The van der Waals surface area contributed by atoms with Gasteiger partial charge in [0.05, 0.1) is 27.3 Å². The van der Waals surface area contributed by atoms with Gasteiger partial charge < -0.3 is 21.1 Å². The lowest BCUT2D eigenvalue weighted by Crippen LogP contribution is -2.40. The minimum absolute atomic E-state index is 0.00806. The number of carboxylic acid groups (broad SMARTS) is 1. The maximum absolute atomic E-state index is 13.0. The average Bonchev–Trinajstić information content (AvgIpc) is 3.49. The van der Waals surface area contributed by atoms with E-state index in [-0.39, 0.29) is 33.9 Å². The predicted molar refractivity (Wildman–Crippen MR) is 168 cm³/mol. The molecule has 4 N–H and O–H groups in total. The largest absolute Gasteiger partial charge is 0.481 e. The van der Waals surface area contributed by atoms with E-state index in [0.29, 0.717) is 29.7 Å². The molecule has 13 heteroatoms. The van der Waals surface area contributed by atoms with Crippen molar-refractivity contribution in [1.82, 2.24) is 20.1 Å². The van der Waals surface area contributed by atoms with Crippen molar-refractivity contribution in [1.29, 1.82) is 0 Å². The maximum Gasteiger partial charge on any atom is 0.323 e. The van der Waals surface area contributed by atoms with Crippen molar-refractivity contribution in [2.24, 2.45) is 5.92 Å². The van der Waals surface area contributed by atoms with Gasteiger partial charge in [0, 0.05) is 36.1 Å². The lowest BCUT2D eigenvalue weighted by atomic mass is 9.99. The number of hydrogen-bond acceptors (Lipinski definition) is 6. The lowest BCUT2D eigenvalue weighted by molar-refractivity contribution is -0.142. The van der Waals surface area contributed by atoms with Crippen LogP contribution < -0.4 is 21.5 Å². The van der Waals surface area contributed by atoms with Gasteiger partial charge in [-0.1, -0.05) is 60.0 Å². The number of pyridine rings is 1. The zero-order valence-electron chi connectivity index (χ0n) is 23.5. The van der Waals surface area contributed by atoms with Crippen molar-refractivity contribution in [3.05, 3.63) is 93.0 Å². The molecule has 11 nitrogen and oxygen atoms in total. The highest BCUT2D eigenvalue weighted by Gasteiger charge is 2.34. The van der Waals surface area contributed by atoms with Crippen molar-refractivity contribution in [3.8, 4) is 22.4 Å². The number of carbonyl (C=O) groups is 3. The summed E-state index contributed by atoms with van der Waals surface area (Å²) in [6.07, 6.45) is 4.58. The van der Waals surface area contributed by atoms with E-state index in [4.69, 9.17) is 23.2 Å². The molecule has 1 saturated carbocycles. The number of benzene rings is 2. The number of carbonyl (C=O) groups excluding carboxylic acids is 2. The fourth-order valence-corrected chi connectivity index (χ4v) is 5.62. The van der Waals surface area contributed by atoms with Crippen LogP contribution in [0.15, 0.2) is 71.8 Å². The van der Waals surface area contributed by atoms with Crippen molar-refractivity contribution in [2.45, 2.75) is 38.8 Å². The predicted octanol–water partition coefficient (Wildman–Crippen LogP) is 5.93. The normalized spacial score (nSPS) is 15.9. The van der Waals surface area contributed by atoms with Gasteiger partial charge in [-0.15, -0.1) is 0 Å². The molecular weight excluding hydrogens is 607 g/mol. The van der Waals surface area contributed by atoms with Crippen LogP contribution in [0.3, 0.4) is 0 Å². The molecule has 2 aromatic carbocycles. The second kappa shape index (κ2) is 13.3. The smallest absolute Gasteiger partial charge is 0.323 e. The van der Waals surface area contributed by atoms with Crippen LogP contribution in [0.25, 0.3) is 22.4 Å². The molecule has 2 atom stereocenters. The lowest BCUT2D eigenvalue weighted by Gasteiger charge is -2.18. The van der Waals surface area contributed by atoms with Crippen LogP contribution in [0.2, 0.25) is 10.0 Å². The minimum atomic E-state index is -0.900. The number of rotatable bonds is 8. The molecule has 44 heavy (non-hydrogen) atoms. The minimum Gasteiger partial charge on any atom is -0.481 e. The Bertz CT molecular complexity index is 1790. The number of anilines is 2. The molecule has 2 heterocycles. The molecule has 0 radical (unpaired) electrons. The monoisotopic (exact) mass is 634 g/mol. The number of aliphatic carboxylic acids is 1. The number of urea groups is 1. The van der Waals surface area contributed by atoms with Crippen LogP contribution in [-0.4, -0.2) is 43.8 Å². The second-order valence-corrected chi connectivity index (χ2v) is 11.1. The first-order valence-electron chi connectivity index (χ1n) is 13.9. The topological polar surface area (TPSA) is 155 Å². The van der Waals surface area contributed by atoms with Crippen molar-refractivity contribution >= 4 is 52.5 Å². The molecule has 0 spiro atoms. The van der Waals surface area contributed by atoms with Gasteiger partial charge in [-0.2, -0.15) is 5.10 Å². The van der Waals surface area contributed by atoms with E-state index in [2.05, 4.69) is 26.0 Å². The van der Waals surface area contributed by atoms with Gasteiger partial charge in [-0.05, 0) is 55.2 Å². The molecule has 5 rings (SSSR count). The van der Waals surface area contributed by atoms with Gasteiger partial charge >= 0.3 is 12.0 Å². The summed E-state index contributed by atoms with van der Waals surface area (Å²) >= 11 is 12.2. The molecule has 0 aliphatic heterocycles. The Hall–Kier alpha value is -4.74. The van der Waals surface area contributed by atoms with E-state index in [9.17, 15) is 24.3 Å². The third-order valence-electron chi connectivity index (χ3n) is 7.38. The zero-order valence-corrected chi connectivity index (χ0v) is 25.0. The standard InChI is InChI=1S/C31H28Cl2N6O5/c1-2-39-29(41)26(36-31(44)37-27-22(32)15-34-16-23(27)33)14-25(38-39)19-8-3-6-17(12-19)18-7-4-9-20(13-18)28(40)35-24-11-5-10-21(24)30(42)43/h3-4,6-9,12-16,21,24H,2,5,10-11H2,1H3,(H,35,40)(H,42,43)(H2,34,36,37,44). The molecule has 0 bridgehead atoms. The van der Waals surface area contributed by atoms with Gasteiger partial charge in [0.2, 0.25) is 0 Å². The number of nitrogens with one attached hydrogen (secondary N) is 3. The molecule has 1 aliphatic carbocycles. The Morgan fingerprint density at radius 1 is 0.955 bits per heavy atom. The fourth-order valence-electron chi connectivity index (χ4n) is 5.16. The van der Waals surface area contributed by atoms with Crippen molar-refractivity contribution < 1.29 is 19.5 Å². The van der Waals surface area contributed by atoms with E-state index in [1.54, 1.807) is 25.1 Å². The number of amides is 3. The SMILES string of the molecule is CCn1nc(-c2cccc(-c3cccc(C(=O)NC4CCCC4C(=O)O)c3)c2)cc(NC(=O)Nc2c(Cl)cncc2Cl)c1=O. The molecule has 1 aliphatic rings. The molecular formula is C31H28Cl2N6O5. The van der Waals surface area contributed by atoms with E-state index < -0.39 is 29.5 Å². The van der Waals surface area contributed by atoms with Crippen molar-refractivity contribution in [2.75, 3.05) is 10.6 Å². The van der Waals surface area contributed by atoms with Crippen LogP contribution >= 0.6 is 23.2 Å². The molecule has 1 fully saturated rings. The Balaban J connectivity index is 1.40. The van der Waals surface area contributed by atoms with Crippen LogP contribution in [0.4, 0.5) is 16.2 Å². The van der Waals surface area contributed by atoms with E-state index in [1.807, 2.05) is 30.3 Å². The van der Waals surface area contributed by atoms with E-state index in [0.717, 1.165) is 17.5 Å². The average molecular weight is 636 g/mol. The van der Waals surface area contributed by atoms with E-state index >= 15 is 0 Å². The highest BCUT2D eigenvalue weighted by atomic mass is 35.5. The fraction of sp³-hybridized carbons (Fsp3) is 0.226. The molecule has 2 aromatic heterocycles. The summed E-state index contributed by atoms with van der Waals surface area (Å²) in [5, 5.41) is 22.2. The molecule has 0 saturated heterocycles. The van der Waals surface area contributed by atoms with Crippen LogP contribution in [-0.2, 0) is 11.3 Å². The Morgan fingerprint density at radius 2 is 1.64 bits per heavy atom. The van der Waals surface area contributed by atoms with Gasteiger partial charge in [0.25, 0.3) is 11.5 Å². The third kappa shape index (κ3) is 6.74. The Labute approximate surface area is 262 Å². The number of carboxylic acids is 1. The van der Waals surface area contributed by atoms with Crippen molar-refractivity contribution in [3.63, 3.8) is 0 Å². The molecule has 4 aromatic rings. The van der Waals surface area contributed by atoms with Crippen LogP contribution in [0.1, 0.15) is 36.5 Å². The summed E-state index contributed by atoms with van der Waals surface area (Å²) in [6, 6.07) is 14.8. The number of nitrogens with zero attached hydrogens (tertiary/aromatic N) is 3. The van der Waals surface area contributed by atoms with Gasteiger partial charge in [-0.25, -0.2) is 9.48 Å². The first-order chi connectivity index (χ1) is 21.1. The quantitative estimate of drug-likeness (QED) is 0.187. The summed E-state index contributed by atoms with van der Waals surface area (Å²) in [5.74, 6) is -1.82. The zero-order chi connectivity index (χ0) is 31.4. The first kappa shape index (κ1) is 30.7. The maximum atomic E-state index is 13.0. The number of halogens is 2. The Kier molecular flexibility index (Phi) is 9.26. The number of hydrogen-bond donors (Lipinski definition) is 4. The van der Waals surface area contributed by atoms with Gasteiger partial charge in [0.1, 0.15) is 5.69 Å². The molecule has 226 valence electrons. The summed E-state index contributed by atoms with van der Waals surface area (Å²) < 4.78 is 1.24. The number of aryl methyl sites for hydroxylation is 1. The Morgan fingerprint density at radius 3 is 2.34 bits per heavy atom. The second-order valence-electron chi connectivity index (χ2n) is 10.2. The van der Waals surface area contributed by atoms with E-state index in [1.165, 1.54) is 23.1 Å². The highest BCUT2D eigenvalue weighted by molar-refractivity contribution is 6.39. The highest BCUT2D eigenvalue weighted by Crippen LogP contribution is 2.30. The summed E-state index contributed by atoms with van der Waals surface area (Å²) in [6.45, 7) is 2.02. The van der Waals surface area contributed by atoms with Crippen LogP contribution in [0, 0.1) is 5.92 Å². The van der Waals surface area contributed by atoms with Crippen LogP contribution in [0.5, 0.6) is 0 Å². The molecule has 3 amide bonds. The third-order valence-corrected chi connectivity index (χ3v) is 7.95. The summed E-state index contributed by atoms with van der Waals surface area (Å²) in [7, 11) is 0. The number of aromatic nitrogens is 3. The molecule has 2 unspecified atom stereocenters.